The lowest BCUT2D eigenvalue weighted by Crippen LogP contribution is -2.49. The van der Waals surface area contributed by atoms with Gasteiger partial charge in [-0.2, -0.15) is 0 Å². The molecular formula is C28H33N3O2. The van der Waals surface area contributed by atoms with E-state index in [0.29, 0.717) is 0 Å². The number of hydrogen-bond acceptors (Lipinski definition) is 3. The highest BCUT2D eigenvalue weighted by molar-refractivity contribution is 5.99. The van der Waals surface area contributed by atoms with Crippen molar-refractivity contribution in [1.82, 2.24) is 14.8 Å². The van der Waals surface area contributed by atoms with Crippen molar-refractivity contribution in [3.05, 3.63) is 71.4 Å². The molecule has 2 unspecified atom stereocenters. The Morgan fingerprint density at radius 3 is 2.76 bits per heavy atom. The van der Waals surface area contributed by atoms with Gasteiger partial charge in [-0.15, -0.1) is 0 Å². The lowest BCUT2D eigenvalue weighted by Gasteiger charge is -2.42. The molecule has 0 radical (unpaired) electrons. The lowest BCUT2D eigenvalue weighted by atomic mass is 9.79. The second-order valence-electron chi connectivity index (χ2n) is 9.06. The van der Waals surface area contributed by atoms with Gasteiger partial charge in [0, 0.05) is 49.3 Å². The maximum atomic E-state index is 13.4. The fourth-order valence-electron chi connectivity index (χ4n) is 5.67. The smallest absolute Gasteiger partial charge is 0.230 e. The Labute approximate surface area is 196 Å². The minimum absolute atomic E-state index is 0.121. The Balaban J connectivity index is 1.51. The molecule has 0 spiro atoms. The number of methoxy groups -OCH3 is 1. The molecule has 1 N–H and O–H groups in total. The maximum absolute atomic E-state index is 13.4. The molecule has 1 aliphatic heterocycles. The molecule has 2 heterocycles. The molecular weight excluding hydrogens is 410 g/mol. The highest BCUT2D eigenvalue weighted by Crippen LogP contribution is 2.41. The van der Waals surface area contributed by atoms with E-state index < -0.39 is 0 Å². The lowest BCUT2D eigenvalue weighted by molar-refractivity contribution is -0.134. The maximum Gasteiger partial charge on any atom is 0.230 e. The summed E-state index contributed by atoms with van der Waals surface area (Å²) in [6.07, 6.45) is 6.30. The second-order valence-corrected chi connectivity index (χ2v) is 9.06. The summed E-state index contributed by atoms with van der Waals surface area (Å²) in [5.41, 5.74) is 6.35. The van der Waals surface area contributed by atoms with Crippen molar-refractivity contribution in [2.24, 2.45) is 5.92 Å². The third-order valence-corrected chi connectivity index (χ3v) is 7.38. The van der Waals surface area contributed by atoms with Gasteiger partial charge in [0.15, 0.2) is 0 Å². The Bertz CT molecular complexity index is 1190. The molecule has 2 aromatic carbocycles. The zero-order valence-electron chi connectivity index (χ0n) is 19.8. The largest absolute Gasteiger partial charge is 0.496 e. The van der Waals surface area contributed by atoms with Crippen LogP contribution in [-0.2, 0) is 17.6 Å². The van der Waals surface area contributed by atoms with Crippen LogP contribution in [0.25, 0.3) is 16.5 Å². The van der Waals surface area contributed by atoms with Gasteiger partial charge in [-0.25, -0.2) is 0 Å². The monoisotopic (exact) mass is 443 g/mol. The number of carbonyl (C=O) groups excluding carboxylic acids is 1. The zero-order valence-corrected chi connectivity index (χ0v) is 19.8. The summed E-state index contributed by atoms with van der Waals surface area (Å²) in [7, 11) is 1.73. The van der Waals surface area contributed by atoms with Gasteiger partial charge >= 0.3 is 0 Å². The van der Waals surface area contributed by atoms with Crippen molar-refractivity contribution in [3.63, 3.8) is 0 Å². The molecule has 0 saturated carbocycles. The van der Waals surface area contributed by atoms with E-state index in [0.717, 1.165) is 44.8 Å². The molecule has 0 saturated heterocycles. The van der Waals surface area contributed by atoms with Crippen LogP contribution in [0.15, 0.2) is 54.7 Å². The van der Waals surface area contributed by atoms with Crippen molar-refractivity contribution in [1.29, 1.82) is 0 Å². The minimum atomic E-state index is -0.121. The first kappa shape index (κ1) is 21.8. The Morgan fingerprint density at radius 2 is 1.97 bits per heavy atom. The number of nitrogens with zero attached hydrogens (tertiary/aromatic N) is 2. The number of aromatic nitrogens is 1. The number of rotatable bonds is 7. The number of aromatic amines is 1. The van der Waals surface area contributed by atoms with Crippen LogP contribution in [0.3, 0.4) is 0 Å². The summed E-state index contributed by atoms with van der Waals surface area (Å²) in [5, 5.41) is 1.32. The molecule has 2 atom stereocenters. The predicted octanol–water partition coefficient (Wildman–Crippen LogP) is 4.53. The van der Waals surface area contributed by atoms with Gasteiger partial charge in [-0.05, 0) is 61.1 Å². The molecule has 0 fully saturated rings. The second kappa shape index (κ2) is 9.06. The summed E-state index contributed by atoms with van der Waals surface area (Å²) in [6, 6.07) is 15.0. The van der Waals surface area contributed by atoms with Gasteiger partial charge in [-0.3, -0.25) is 9.69 Å². The van der Waals surface area contributed by atoms with E-state index in [-0.39, 0.29) is 17.9 Å². The van der Waals surface area contributed by atoms with E-state index >= 15 is 0 Å². The van der Waals surface area contributed by atoms with Crippen LogP contribution in [0.1, 0.15) is 30.5 Å². The number of H-pyrrole nitrogens is 1. The topological polar surface area (TPSA) is 48.6 Å². The first-order valence-electron chi connectivity index (χ1n) is 12.1. The number of fused-ring (bicyclic) bond motifs is 2. The first-order chi connectivity index (χ1) is 16.1. The molecule has 1 aliphatic carbocycles. The molecule has 33 heavy (non-hydrogen) atoms. The molecule has 2 aliphatic rings. The number of carbonyl (C=O) groups is 1. The van der Waals surface area contributed by atoms with E-state index in [1.165, 1.54) is 33.2 Å². The number of hydrogen-bond donors (Lipinski definition) is 1. The van der Waals surface area contributed by atoms with Gasteiger partial charge < -0.3 is 14.6 Å². The van der Waals surface area contributed by atoms with E-state index in [9.17, 15) is 4.79 Å². The van der Waals surface area contributed by atoms with Gasteiger partial charge in [0.25, 0.3) is 0 Å². The van der Waals surface area contributed by atoms with Crippen LogP contribution in [0.2, 0.25) is 0 Å². The van der Waals surface area contributed by atoms with Gasteiger partial charge in [0.05, 0.1) is 13.0 Å². The van der Waals surface area contributed by atoms with Crippen LogP contribution < -0.4 is 4.74 Å². The van der Waals surface area contributed by atoms with Crippen LogP contribution in [0, 0.1) is 5.92 Å². The quantitative estimate of drug-likeness (QED) is 0.584. The fourth-order valence-corrected chi connectivity index (χ4v) is 5.67. The SMILES string of the molecule is CCN(CC)C(=O)C1C=C2c3cccc4[nH]cc(c34)CC2N(CCc2ccccc2OC)C1. The number of benzene rings is 2. The van der Waals surface area contributed by atoms with Crippen molar-refractivity contribution < 1.29 is 9.53 Å². The molecule has 0 bridgehead atoms. The summed E-state index contributed by atoms with van der Waals surface area (Å²) >= 11 is 0. The fraction of sp³-hybridized carbons (Fsp3) is 0.393. The molecule has 5 heteroatoms. The van der Waals surface area contributed by atoms with Gasteiger partial charge in [-0.1, -0.05) is 36.4 Å². The summed E-state index contributed by atoms with van der Waals surface area (Å²) in [4.78, 5) is 21.4. The van der Waals surface area contributed by atoms with Crippen LogP contribution in [0.4, 0.5) is 0 Å². The predicted molar refractivity (Wildman–Crippen MR) is 133 cm³/mol. The Morgan fingerprint density at radius 1 is 1.15 bits per heavy atom. The highest BCUT2D eigenvalue weighted by atomic mass is 16.5. The van der Waals surface area contributed by atoms with Crippen molar-refractivity contribution >= 4 is 22.4 Å². The highest BCUT2D eigenvalue weighted by Gasteiger charge is 2.37. The Hall–Kier alpha value is -3.05. The number of ether oxygens (including phenoxy) is 1. The molecule has 3 aromatic rings. The zero-order chi connectivity index (χ0) is 22.9. The van der Waals surface area contributed by atoms with Crippen LogP contribution >= 0.6 is 0 Å². The molecule has 172 valence electrons. The van der Waals surface area contributed by atoms with Crippen molar-refractivity contribution in [2.75, 3.05) is 33.3 Å². The van der Waals surface area contributed by atoms with E-state index in [4.69, 9.17) is 4.74 Å². The molecule has 1 aromatic heterocycles. The van der Waals surface area contributed by atoms with Crippen molar-refractivity contribution in [3.8, 4) is 5.75 Å². The number of amides is 1. The first-order valence-corrected chi connectivity index (χ1v) is 12.1. The van der Waals surface area contributed by atoms with Gasteiger partial charge in [0.1, 0.15) is 5.75 Å². The minimum Gasteiger partial charge on any atom is -0.496 e. The normalized spacial score (nSPS) is 19.8. The summed E-state index contributed by atoms with van der Waals surface area (Å²) < 4.78 is 5.59. The number of para-hydroxylation sites is 1. The molecule has 1 amide bonds. The summed E-state index contributed by atoms with van der Waals surface area (Å²) in [6.45, 7) is 7.27. The average molecular weight is 444 g/mol. The third kappa shape index (κ3) is 3.84. The van der Waals surface area contributed by atoms with Gasteiger partial charge in [0.2, 0.25) is 5.91 Å². The van der Waals surface area contributed by atoms with Crippen LogP contribution in [-0.4, -0.2) is 60.0 Å². The average Bonchev–Trinajstić information content (AvgIpc) is 3.27. The summed E-state index contributed by atoms with van der Waals surface area (Å²) in [5.74, 6) is 1.05. The number of nitrogens with one attached hydrogen (secondary N) is 1. The Kier molecular flexibility index (Phi) is 5.98. The molecule has 5 nitrogen and oxygen atoms in total. The van der Waals surface area contributed by atoms with E-state index in [2.05, 4.69) is 66.3 Å². The van der Waals surface area contributed by atoms with E-state index in [1.54, 1.807) is 7.11 Å². The van der Waals surface area contributed by atoms with Crippen LogP contribution in [0.5, 0.6) is 5.75 Å². The third-order valence-electron chi connectivity index (χ3n) is 7.38. The standard InChI is InChI=1S/C28H33N3O2/c1-4-30(5-2)28(32)21-15-23-22-10-8-11-24-27(22)20(17-29-24)16-25(23)31(18-21)14-13-19-9-6-7-12-26(19)33-3/h6-12,15,17,21,25,29H,4-5,13-14,16,18H2,1-3H3. The van der Waals surface area contributed by atoms with Crippen molar-refractivity contribution in [2.45, 2.75) is 32.7 Å². The molecule has 5 rings (SSSR count). The van der Waals surface area contributed by atoms with E-state index in [1.807, 2.05) is 17.0 Å².